The van der Waals surface area contributed by atoms with Crippen molar-refractivity contribution in [1.29, 1.82) is 0 Å². The summed E-state index contributed by atoms with van der Waals surface area (Å²) in [5.41, 5.74) is -0.890. The number of ether oxygens (including phenoxy) is 1. The number of carboxylic acid groups (broad SMARTS) is 1. The minimum atomic E-state index is -0.890. The third-order valence-corrected chi connectivity index (χ3v) is 2.64. The van der Waals surface area contributed by atoms with Gasteiger partial charge in [-0.05, 0) is 20.0 Å². The van der Waals surface area contributed by atoms with E-state index in [0.717, 1.165) is 13.1 Å². The van der Waals surface area contributed by atoms with Gasteiger partial charge in [-0.1, -0.05) is 13.8 Å². The van der Waals surface area contributed by atoms with Crippen molar-refractivity contribution in [1.82, 2.24) is 10.2 Å². The fourth-order valence-electron chi connectivity index (χ4n) is 1.61. The molecule has 1 atom stereocenters. The second-order valence-corrected chi connectivity index (χ2v) is 4.03. The van der Waals surface area contributed by atoms with E-state index in [1.54, 1.807) is 14.0 Å². The van der Waals surface area contributed by atoms with Gasteiger partial charge in [0, 0.05) is 20.2 Å². The Hall–Kier alpha value is -0.650. The lowest BCUT2D eigenvalue weighted by molar-refractivity contribution is -0.145. The number of carboxylic acids is 1. The van der Waals surface area contributed by atoms with Gasteiger partial charge >= 0.3 is 5.97 Å². The fraction of sp³-hybridized carbons (Fsp3) is 0.909. The van der Waals surface area contributed by atoms with E-state index in [4.69, 9.17) is 4.74 Å². The minimum absolute atomic E-state index is 0.482. The van der Waals surface area contributed by atoms with Gasteiger partial charge in [0.25, 0.3) is 0 Å². The van der Waals surface area contributed by atoms with Gasteiger partial charge in [0.1, 0.15) is 5.54 Å². The second-order valence-electron chi connectivity index (χ2n) is 4.03. The molecule has 0 aliphatic heterocycles. The van der Waals surface area contributed by atoms with Crippen LogP contribution in [0.4, 0.5) is 0 Å². The van der Waals surface area contributed by atoms with Crippen LogP contribution in [0.3, 0.4) is 0 Å². The van der Waals surface area contributed by atoms with E-state index in [1.807, 2.05) is 13.8 Å². The van der Waals surface area contributed by atoms with E-state index in [2.05, 4.69) is 10.2 Å². The van der Waals surface area contributed by atoms with Gasteiger partial charge < -0.3 is 15.2 Å². The molecule has 0 bridgehead atoms. The number of hydrogen-bond donors (Lipinski definition) is 2. The number of likely N-dealkylation sites (N-methyl/N-ethyl adjacent to an activating group) is 2. The largest absolute Gasteiger partial charge is 0.480 e. The highest BCUT2D eigenvalue weighted by Crippen LogP contribution is 2.07. The Bertz CT molecular complexity index is 211. The van der Waals surface area contributed by atoms with Crippen LogP contribution >= 0.6 is 0 Å². The molecule has 0 aromatic carbocycles. The maximum absolute atomic E-state index is 11.2. The van der Waals surface area contributed by atoms with Crippen LogP contribution in [0, 0.1) is 0 Å². The molecule has 5 nitrogen and oxygen atoms in total. The van der Waals surface area contributed by atoms with Crippen molar-refractivity contribution in [2.24, 2.45) is 0 Å². The second kappa shape index (κ2) is 7.60. The molecule has 0 amide bonds. The number of methoxy groups -OCH3 is 1. The Morgan fingerprint density at radius 2 is 2.12 bits per heavy atom. The van der Waals surface area contributed by atoms with Crippen LogP contribution in [0.2, 0.25) is 0 Å². The summed E-state index contributed by atoms with van der Waals surface area (Å²) in [6, 6.07) is 0. The Morgan fingerprint density at radius 3 is 2.50 bits per heavy atom. The third-order valence-electron chi connectivity index (χ3n) is 2.64. The molecular weight excluding hydrogens is 208 g/mol. The Morgan fingerprint density at radius 1 is 1.50 bits per heavy atom. The minimum Gasteiger partial charge on any atom is -0.480 e. The zero-order valence-electron chi connectivity index (χ0n) is 10.7. The summed E-state index contributed by atoms with van der Waals surface area (Å²) in [5, 5.41) is 12.2. The summed E-state index contributed by atoms with van der Waals surface area (Å²) >= 11 is 0. The molecule has 0 aliphatic rings. The van der Waals surface area contributed by atoms with Gasteiger partial charge in [-0.25, -0.2) is 0 Å². The Labute approximate surface area is 97.8 Å². The van der Waals surface area contributed by atoms with Gasteiger partial charge in [-0.2, -0.15) is 0 Å². The number of hydrogen-bond acceptors (Lipinski definition) is 4. The molecule has 0 aromatic rings. The summed E-state index contributed by atoms with van der Waals surface area (Å²) in [6.07, 6.45) is 0. The van der Waals surface area contributed by atoms with E-state index in [0.29, 0.717) is 19.7 Å². The maximum Gasteiger partial charge on any atom is 0.324 e. The first-order valence-electron chi connectivity index (χ1n) is 5.69. The van der Waals surface area contributed by atoms with Gasteiger partial charge in [0.2, 0.25) is 0 Å². The maximum atomic E-state index is 11.2. The van der Waals surface area contributed by atoms with Crippen molar-refractivity contribution in [3.8, 4) is 0 Å². The highest BCUT2D eigenvalue weighted by Gasteiger charge is 2.33. The molecule has 96 valence electrons. The number of carbonyl (C=O) groups is 1. The highest BCUT2D eigenvalue weighted by molar-refractivity contribution is 5.78. The smallest absolute Gasteiger partial charge is 0.324 e. The standard InChI is InChI=1S/C11H24N2O3/c1-5-12-11(3,10(14)15)9-13(6-2)7-8-16-4/h12H,5-9H2,1-4H3,(H,14,15). The SMILES string of the molecule is CCNC(C)(CN(CC)CCOC)C(=O)O. The molecule has 0 spiro atoms. The zero-order chi connectivity index (χ0) is 12.6. The Kier molecular flexibility index (Phi) is 7.29. The summed E-state index contributed by atoms with van der Waals surface area (Å²) < 4.78 is 5.00. The van der Waals surface area contributed by atoms with Crippen LogP contribution in [-0.2, 0) is 9.53 Å². The first-order chi connectivity index (χ1) is 7.50. The Balaban J connectivity index is 4.40. The lowest BCUT2D eigenvalue weighted by Crippen LogP contribution is -2.57. The summed E-state index contributed by atoms with van der Waals surface area (Å²) in [4.78, 5) is 13.3. The van der Waals surface area contributed by atoms with E-state index >= 15 is 0 Å². The molecule has 16 heavy (non-hydrogen) atoms. The lowest BCUT2D eigenvalue weighted by atomic mass is 10.0. The molecule has 0 saturated carbocycles. The number of rotatable bonds is 9. The molecule has 0 fully saturated rings. The quantitative estimate of drug-likeness (QED) is 0.603. The first kappa shape index (κ1) is 15.3. The summed E-state index contributed by atoms with van der Waals surface area (Å²) in [5.74, 6) is -0.815. The average molecular weight is 232 g/mol. The van der Waals surface area contributed by atoms with Crippen LogP contribution in [0.1, 0.15) is 20.8 Å². The molecule has 1 unspecified atom stereocenters. The summed E-state index contributed by atoms with van der Waals surface area (Å²) in [7, 11) is 1.65. The van der Waals surface area contributed by atoms with Crippen LogP contribution < -0.4 is 5.32 Å². The molecule has 0 aliphatic carbocycles. The molecule has 0 aromatic heterocycles. The van der Waals surface area contributed by atoms with Gasteiger partial charge in [0.15, 0.2) is 0 Å². The molecular formula is C11H24N2O3. The van der Waals surface area contributed by atoms with Crippen molar-refractivity contribution >= 4 is 5.97 Å². The lowest BCUT2D eigenvalue weighted by Gasteiger charge is -2.32. The third kappa shape index (κ3) is 4.92. The van der Waals surface area contributed by atoms with Crippen molar-refractivity contribution in [2.45, 2.75) is 26.3 Å². The van der Waals surface area contributed by atoms with E-state index < -0.39 is 11.5 Å². The predicted molar refractivity (Wildman–Crippen MR) is 63.7 cm³/mol. The molecule has 2 N–H and O–H groups in total. The van der Waals surface area contributed by atoms with E-state index in [9.17, 15) is 9.90 Å². The molecule has 0 heterocycles. The highest BCUT2D eigenvalue weighted by atomic mass is 16.5. The van der Waals surface area contributed by atoms with Crippen LogP contribution in [0.15, 0.2) is 0 Å². The van der Waals surface area contributed by atoms with Crippen molar-refractivity contribution in [2.75, 3.05) is 39.9 Å². The van der Waals surface area contributed by atoms with Crippen molar-refractivity contribution in [3.63, 3.8) is 0 Å². The number of nitrogens with one attached hydrogen (secondary N) is 1. The molecule has 0 saturated heterocycles. The van der Waals surface area contributed by atoms with Gasteiger partial charge in [-0.3, -0.25) is 9.69 Å². The van der Waals surface area contributed by atoms with Crippen LogP contribution in [0.25, 0.3) is 0 Å². The fourth-order valence-corrected chi connectivity index (χ4v) is 1.61. The first-order valence-corrected chi connectivity index (χ1v) is 5.69. The normalized spacial score (nSPS) is 15.1. The topological polar surface area (TPSA) is 61.8 Å². The van der Waals surface area contributed by atoms with E-state index in [1.165, 1.54) is 0 Å². The molecule has 0 rings (SSSR count). The van der Waals surface area contributed by atoms with Crippen molar-refractivity contribution < 1.29 is 14.6 Å². The van der Waals surface area contributed by atoms with Gasteiger partial charge in [-0.15, -0.1) is 0 Å². The number of aliphatic carboxylic acids is 1. The van der Waals surface area contributed by atoms with Crippen LogP contribution in [-0.4, -0.2) is 61.4 Å². The molecule has 5 heteroatoms. The zero-order valence-corrected chi connectivity index (χ0v) is 10.7. The van der Waals surface area contributed by atoms with E-state index in [-0.39, 0.29) is 0 Å². The van der Waals surface area contributed by atoms with Crippen LogP contribution in [0.5, 0.6) is 0 Å². The predicted octanol–water partition coefficient (Wildman–Crippen LogP) is 0.408. The average Bonchev–Trinajstić information content (AvgIpc) is 2.24. The molecule has 0 radical (unpaired) electrons. The van der Waals surface area contributed by atoms with Gasteiger partial charge in [0.05, 0.1) is 6.61 Å². The number of nitrogens with zero attached hydrogens (tertiary/aromatic N) is 1. The monoisotopic (exact) mass is 232 g/mol. The summed E-state index contributed by atoms with van der Waals surface area (Å²) in [6.45, 7) is 8.96. The van der Waals surface area contributed by atoms with Crippen molar-refractivity contribution in [3.05, 3.63) is 0 Å².